The highest BCUT2D eigenvalue weighted by Gasteiger charge is 2.61. The van der Waals surface area contributed by atoms with Gasteiger partial charge in [-0.1, -0.05) is 30.3 Å². The van der Waals surface area contributed by atoms with Crippen molar-refractivity contribution in [2.24, 2.45) is 5.92 Å². The summed E-state index contributed by atoms with van der Waals surface area (Å²) in [7, 11) is 0. The first-order chi connectivity index (χ1) is 9.94. The van der Waals surface area contributed by atoms with Gasteiger partial charge in [-0.05, 0) is 19.4 Å². The Labute approximate surface area is 123 Å². The van der Waals surface area contributed by atoms with Crippen molar-refractivity contribution in [2.75, 3.05) is 0 Å². The first-order valence-electron chi connectivity index (χ1n) is 6.39. The van der Waals surface area contributed by atoms with Crippen LogP contribution in [0.4, 0.5) is 26.3 Å². The van der Waals surface area contributed by atoms with Crippen LogP contribution in [0.15, 0.2) is 30.3 Å². The molecule has 0 amide bonds. The molecule has 1 aromatic rings. The number of Topliss-reactive ketones (excluding diaryl/α,β-unsaturated/α-hetero) is 1. The molecule has 2 unspecified atom stereocenters. The smallest absolute Gasteiger partial charge is 0.300 e. The van der Waals surface area contributed by atoms with Crippen molar-refractivity contribution < 1.29 is 31.1 Å². The number of benzene rings is 1. The van der Waals surface area contributed by atoms with Crippen molar-refractivity contribution in [3.63, 3.8) is 0 Å². The fourth-order valence-electron chi connectivity index (χ4n) is 2.12. The van der Waals surface area contributed by atoms with E-state index in [9.17, 15) is 31.1 Å². The van der Waals surface area contributed by atoms with Crippen LogP contribution >= 0.6 is 0 Å². The minimum absolute atomic E-state index is 0.483. The molecule has 2 nitrogen and oxygen atoms in total. The number of hydrogen-bond donors (Lipinski definition) is 1. The summed E-state index contributed by atoms with van der Waals surface area (Å²) in [5.41, 5.74) is 0.483. The zero-order valence-electron chi connectivity index (χ0n) is 11.8. The van der Waals surface area contributed by atoms with Gasteiger partial charge in [0.25, 0.3) is 0 Å². The molecule has 0 aromatic heterocycles. The van der Waals surface area contributed by atoms with Gasteiger partial charge < -0.3 is 5.32 Å². The number of hydrogen-bond acceptors (Lipinski definition) is 2. The van der Waals surface area contributed by atoms with Crippen LogP contribution in [-0.2, 0) is 4.79 Å². The van der Waals surface area contributed by atoms with Crippen LogP contribution in [0.5, 0.6) is 0 Å². The van der Waals surface area contributed by atoms with E-state index in [1.807, 2.05) is 0 Å². The van der Waals surface area contributed by atoms with Gasteiger partial charge in [-0.3, -0.25) is 4.79 Å². The maximum absolute atomic E-state index is 12.8. The summed E-state index contributed by atoms with van der Waals surface area (Å²) in [4.78, 5) is 11.4. The number of halogens is 6. The lowest BCUT2D eigenvalue weighted by Gasteiger charge is -2.31. The molecular weight excluding hydrogens is 312 g/mol. The molecule has 1 aromatic carbocycles. The third-order valence-corrected chi connectivity index (χ3v) is 3.21. The van der Waals surface area contributed by atoms with Crippen molar-refractivity contribution in [3.05, 3.63) is 35.9 Å². The van der Waals surface area contributed by atoms with Crippen LogP contribution in [0.1, 0.15) is 25.5 Å². The molecular formula is C14H15F6NO. The van der Waals surface area contributed by atoms with Gasteiger partial charge in [-0.2, -0.15) is 26.3 Å². The summed E-state index contributed by atoms with van der Waals surface area (Å²) in [5.74, 6) is -4.97. The van der Waals surface area contributed by atoms with E-state index in [1.165, 1.54) is 6.92 Å². The molecule has 124 valence electrons. The Morgan fingerprint density at radius 1 is 1.00 bits per heavy atom. The van der Waals surface area contributed by atoms with Crippen LogP contribution in [0.3, 0.4) is 0 Å². The molecule has 0 saturated heterocycles. The molecule has 0 radical (unpaired) electrons. The second kappa shape index (κ2) is 6.68. The van der Waals surface area contributed by atoms with Gasteiger partial charge in [0.15, 0.2) is 5.92 Å². The van der Waals surface area contributed by atoms with E-state index >= 15 is 0 Å². The van der Waals surface area contributed by atoms with Crippen molar-refractivity contribution in [2.45, 2.75) is 38.3 Å². The van der Waals surface area contributed by atoms with Gasteiger partial charge in [0.1, 0.15) is 5.78 Å². The Morgan fingerprint density at radius 2 is 1.45 bits per heavy atom. The van der Waals surface area contributed by atoms with E-state index in [4.69, 9.17) is 0 Å². The van der Waals surface area contributed by atoms with E-state index in [2.05, 4.69) is 5.32 Å². The van der Waals surface area contributed by atoms with Crippen molar-refractivity contribution in [1.29, 1.82) is 0 Å². The minimum Gasteiger partial charge on any atom is -0.300 e. The Balaban J connectivity index is 3.09. The fraction of sp³-hybridized carbons (Fsp3) is 0.500. The quantitative estimate of drug-likeness (QED) is 0.827. The van der Waals surface area contributed by atoms with E-state index in [-0.39, 0.29) is 0 Å². The molecule has 0 fully saturated rings. The lowest BCUT2D eigenvalue weighted by atomic mass is 9.93. The number of carbonyl (C=O) groups excluding carboxylic acids is 1. The molecule has 8 heteroatoms. The molecule has 1 rings (SSSR count). The molecule has 0 aliphatic rings. The van der Waals surface area contributed by atoms with Crippen LogP contribution in [0, 0.1) is 5.92 Å². The van der Waals surface area contributed by atoms with Gasteiger partial charge in [0, 0.05) is 6.04 Å². The van der Waals surface area contributed by atoms with Crippen LogP contribution in [0.25, 0.3) is 0 Å². The highest BCUT2D eigenvalue weighted by atomic mass is 19.4. The predicted octanol–water partition coefficient (Wildman–Crippen LogP) is 4.04. The summed E-state index contributed by atoms with van der Waals surface area (Å²) in [6.07, 6.45) is -11.1. The fourth-order valence-corrected chi connectivity index (χ4v) is 2.12. The average molecular weight is 327 g/mol. The standard InChI is InChI=1S/C14H15F6NO/c1-8(10-6-4-3-5-7-10)21-11(9(2)22)12(13(15,16)17)14(18,19)20/h3-8,11-12,21H,1-2H3. The molecule has 2 atom stereocenters. The van der Waals surface area contributed by atoms with E-state index in [0.29, 0.717) is 12.5 Å². The van der Waals surface area contributed by atoms with Crippen molar-refractivity contribution in [1.82, 2.24) is 5.32 Å². The summed E-state index contributed by atoms with van der Waals surface area (Å²) >= 11 is 0. The van der Waals surface area contributed by atoms with Gasteiger partial charge in [-0.15, -0.1) is 0 Å². The molecule has 0 heterocycles. The van der Waals surface area contributed by atoms with Gasteiger partial charge >= 0.3 is 12.4 Å². The summed E-state index contributed by atoms with van der Waals surface area (Å²) in [5, 5.41) is 2.16. The monoisotopic (exact) mass is 327 g/mol. The van der Waals surface area contributed by atoms with E-state index in [0.717, 1.165) is 0 Å². The number of rotatable bonds is 5. The maximum Gasteiger partial charge on any atom is 0.402 e. The minimum atomic E-state index is -5.57. The average Bonchev–Trinajstić information content (AvgIpc) is 2.35. The molecule has 1 N–H and O–H groups in total. The highest BCUT2D eigenvalue weighted by molar-refractivity contribution is 5.82. The normalized spacial score (nSPS) is 15.7. The number of alkyl halides is 6. The lowest BCUT2D eigenvalue weighted by molar-refractivity contribution is -0.289. The molecule has 0 spiro atoms. The van der Waals surface area contributed by atoms with Crippen LogP contribution < -0.4 is 5.32 Å². The third-order valence-electron chi connectivity index (χ3n) is 3.21. The maximum atomic E-state index is 12.8. The van der Waals surface area contributed by atoms with Gasteiger partial charge in [0.05, 0.1) is 6.04 Å². The Hall–Kier alpha value is -1.57. The first kappa shape index (κ1) is 18.5. The Morgan fingerprint density at radius 3 is 1.82 bits per heavy atom. The van der Waals surface area contributed by atoms with E-state index < -0.39 is 36.1 Å². The summed E-state index contributed by atoms with van der Waals surface area (Å²) < 4.78 is 76.6. The second-order valence-electron chi connectivity index (χ2n) is 4.95. The first-order valence-corrected chi connectivity index (χ1v) is 6.39. The second-order valence-corrected chi connectivity index (χ2v) is 4.95. The van der Waals surface area contributed by atoms with Gasteiger partial charge in [-0.25, -0.2) is 0 Å². The van der Waals surface area contributed by atoms with Crippen LogP contribution in [0.2, 0.25) is 0 Å². The Bertz CT molecular complexity index is 482. The van der Waals surface area contributed by atoms with Crippen molar-refractivity contribution >= 4 is 5.78 Å². The van der Waals surface area contributed by atoms with Crippen LogP contribution in [-0.4, -0.2) is 24.2 Å². The number of nitrogens with one attached hydrogen (secondary N) is 1. The van der Waals surface area contributed by atoms with Crippen molar-refractivity contribution in [3.8, 4) is 0 Å². The predicted molar refractivity (Wildman–Crippen MR) is 68.1 cm³/mol. The zero-order valence-corrected chi connectivity index (χ0v) is 11.8. The highest BCUT2D eigenvalue weighted by Crippen LogP contribution is 2.42. The topological polar surface area (TPSA) is 29.1 Å². The molecule has 22 heavy (non-hydrogen) atoms. The number of carbonyl (C=O) groups is 1. The molecule has 0 aliphatic heterocycles. The third kappa shape index (κ3) is 4.72. The molecule has 0 bridgehead atoms. The summed E-state index contributed by atoms with van der Waals surface area (Å²) in [6.45, 7) is 2.11. The number of ketones is 1. The Kier molecular flexibility index (Phi) is 5.61. The largest absolute Gasteiger partial charge is 0.402 e. The molecule has 0 aliphatic carbocycles. The zero-order chi connectivity index (χ0) is 17.1. The SMILES string of the molecule is CC(=O)C(NC(C)c1ccccc1)C(C(F)(F)F)C(F)(F)F. The lowest BCUT2D eigenvalue weighted by Crippen LogP contribution is -2.54. The molecule has 0 saturated carbocycles. The summed E-state index contributed by atoms with van der Waals surface area (Å²) in [6, 6.07) is 4.71. The van der Waals surface area contributed by atoms with E-state index in [1.54, 1.807) is 30.3 Å². The van der Waals surface area contributed by atoms with Gasteiger partial charge in [0.2, 0.25) is 0 Å².